The van der Waals surface area contributed by atoms with Crippen LogP contribution < -0.4 is 0 Å². The molecule has 0 atom stereocenters. The van der Waals surface area contributed by atoms with Crippen LogP contribution in [0.5, 0.6) is 0 Å². The first-order valence-corrected chi connectivity index (χ1v) is 7.68. The Morgan fingerprint density at radius 2 is 1.60 bits per heavy atom. The van der Waals surface area contributed by atoms with Gasteiger partial charge in [-0.2, -0.15) is 0 Å². The van der Waals surface area contributed by atoms with Crippen LogP contribution in [0.4, 0.5) is 0 Å². The number of hydrogen-bond donors (Lipinski definition) is 0. The van der Waals surface area contributed by atoms with E-state index in [1.165, 1.54) is 58.6 Å². The highest BCUT2D eigenvalue weighted by Gasteiger charge is 2.08. The zero-order valence-corrected chi connectivity index (χ0v) is 12.7. The fraction of sp³-hybridized carbons (Fsp3) is 0.368. The third-order valence-corrected chi connectivity index (χ3v) is 4.29. The van der Waals surface area contributed by atoms with Crippen molar-refractivity contribution in [2.75, 3.05) is 0 Å². The molecule has 1 nitrogen and oxygen atoms in total. The summed E-state index contributed by atoms with van der Waals surface area (Å²) in [5, 5.41) is 2.79. The molecule has 0 bridgehead atoms. The van der Waals surface area contributed by atoms with Crippen molar-refractivity contribution in [1.82, 2.24) is 4.57 Å². The van der Waals surface area contributed by atoms with E-state index in [9.17, 15) is 0 Å². The quantitative estimate of drug-likeness (QED) is 0.559. The molecule has 0 spiro atoms. The summed E-state index contributed by atoms with van der Waals surface area (Å²) in [6.45, 7) is 4.43. The third-order valence-electron chi connectivity index (χ3n) is 4.29. The first kappa shape index (κ1) is 13.2. The zero-order chi connectivity index (χ0) is 14.1. The fourth-order valence-corrected chi connectivity index (χ4v) is 3.11. The maximum absolute atomic E-state index is 2.40. The Kier molecular flexibility index (Phi) is 3.52. The van der Waals surface area contributed by atoms with Gasteiger partial charge in [0.2, 0.25) is 0 Å². The summed E-state index contributed by atoms with van der Waals surface area (Å²) in [4.78, 5) is 0. The predicted octanol–water partition coefficient (Wildman–Crippen LogP) is 5.37. The van der Waals surface area contributed by atoms with Crippen LogP contribution in [0.3, 0.4) is 0 Å². The summed E-state index contributed by atoms with van der Waals surface area (Å²) in [5.41, 5.74) is 5.47. The second kappa shape index (κ2) is 5.32. The Labute approximate surface area is 121 Å². The molecule has 3 aromatic rings. The summed E-state index contributed by atoms with van der Waals surface area (Å²) < 4.78 is 2.31. The molecule has 0 unspecified atom stereocenters. The van der Waals surface area contributed by atoms with E-state index in [1.807, 2.05) is 0 Å². The number of unbranched alkanes of at least 4 members (excludes halogenated alkanes) is 2. The summed E-state index contributed by atoms with van der Waals surface area (Å²) in [5.74, 6) is 0. The van der Waals surface area contributed by atoms with Crippen molar-refractivity contribution in [3.8, 4) is 0 Å². The number of aromatic nitrogens is 1. The molecule has 104 valence electrons. The summed E-state index contributed by atoms with van der Waals surface area (Å²) in [7, 11) is 2.16. The minimum atomic E-state index is 1.20. The highest BCUT2D eigenvalue weighted by Crippen LogP contribution is 2.30. The van der Waals surface area contributed by atoms with E-state index in [-0.39, 0.29) is 0 Å². The molecule has 0 saturated heterocycles. The number of hydrogen-bond acceptors (Lipinski definition) is 0. The maximum atomic E-state index is 2.40. The highest BCUT2D eigenvalue weighted by molar-refractivity contribution is 6.08. The summed E-state index contributed by atoms with van der Waals surface area (Å²) in [6.07, 6.45) is 5.11. The van der Waals surface area contributed by atoms with Crippen LogP contribution in [0.15, 0.2) is 36.4 Å². The lowest BCUT2D eigenvalue weighted by atomic mass is 10.0. The SMILES string of the molecule is CCCCCc1ccc2c(c1)c1cc(C)ccc1n2C. The number of fused-ring (bicyclic) bond motifs is 3. The molecule has 0 aliphatic rings. The lowest BCUT2D eigenvalue weighted by Crippen LogP contribution is -1.88. The average Bonchev–Trinajstić information content (AvgIpc) is 2.72. The van der Waals surface area contributed by atoms with Gasteiger partial charge in [0.05, 0.1) is 0 Å². The molecule has 0 aliphatic heterocycles. The Hall–Kier alpha value is -1.76. The zero-order valence-electron chi connectivity index (χ0n) is 12.7. The standard InChI is InChI=1S/C19H23N/c1-4-5-6-7-15-9-11-19-17(13-15)16-12-14(2)8-10-18(16)20(19)3/h8-13H,4-7H2,1-3H3. The molecule has 0 amide bonds. The lowest BCUT2D eigenvalue weighted by molar-refractivity contribution is 0.718. The van der Waals surface area contributed by atoms with E-state index >= 15 is 0 Å². The van der Waals surface area contributed by atoms with Gasteiger partial charge in [-0.1, -0.05) is 37.5 Å². The van der Waals surface area contributed by atoms with Crippen molar-refractivity contribution >= 4 is 21.8 Å². The van der Waals surface area contributed by atoms with Crippen molar-refractivity contribution in [2.24, 2.45) is 7.05 Å². The van der Waals surface area contributed by atoms with E-state index in [0.29, 0.717) is 0 Å². The van der Waals surface area contributed by atoms with Gasteiger partial charge in [-0.05, 0) is 49.6 Å². The van der Waals surface area contributed by atoms with E-state index in [0.717, 1.165) is 0 Å². The van der Waals surface area contributed by atoms with Crippen molar-refractivity contribution in [3.05, 3.63) is 47.5 Å². The predicted molar refractivity (Wildman–Crippen MR) is 88.4 cm³/mol. The van der Waals surface area contributed by atoms with E-state index in [1.54, 1.807) is 0 Å². The Balaban J connectivity index is 2.12. The molecule has 0 aliphatic carbocycles. The lowest BCUT2D eigenvalue weighted by Gasteiger charge is -2.02. The van der Waals surface area contributed by atoms with Gasteiger partial charge in [0.15, 0.2) is 0 Å². The monoisotopic (exact) mass is 265 g/mol. The van der Waals surface area contributed by atoms with Crippen LogP contribution in [0, 0.1) is 6.92 Å². The first-order chi connectivity index (χ1) is 9.70. The van der Waals surface area contributed by atoms with Crippen LogP contribution in [-0.4, -0.2) is 4.57 Å². The molecule has 3 rings (SSSR count). The molecular formula is C19H23N. The van der Waals surface area contributed by atoms with Crippen molar-refractivity contribution in [1.29, 1.82) is 0 Å². The molecule has 1 heteroatoms. The molecule has 0 saturated carbocycles. The topological polar surface area (TPSA) is 4.93 Å². The molecule has 0 fully saturated rings. The largest absolute Gasteiger partial charge is 0.344 e. The van der Waals surface area contributed by atoms with Crippen molar-refractivity contribution < 1.29 is 0 Å². The van der Waals surface area contributed by atoms with Crippen molar-refractivity contribution in [3.63, 3.8) is 0 Å². The van der Waals surface area contributed by atoms with Gasteiger partial charge in [0.25, 0.3) is 0 Å². The van der Waals surface area contributed by atoms with Crippen molar-refractivity contribution in [2.45, 2.75) is 39.5 Å². The van der Waals surface area contributed by atoms with E-state index in [4.69, 9.17) is 0 Å². The molecule has 1 aromatic heterocycles. The van der Waals surface area contributed by atoms with Gasteiger partial charge in [-0.25, -0.2) is 0 Å². The third kappa shape index (κ3) is 2.22. The van der Waals surface area contributed by atoms with Gasteiger partial charge in [0.1, 0.15) is 0 Å². The summed E-state index contributed by atoms with van der Waals surface area (Å²) >= 11 is 0. The van der Waals surface area contributed by atoms with Gasteiger partial charge in [-0.15, -0.1) is 0 Å². The minimum Gasteiger partial charge on any atom is -0.344 e. The van der Waals surface area contributed by atoms with Crippen LogP contribution in [0.25, 0.3) is 21.8 Å². The number of aryl methyl sites for hydroxylation is 3. The summed E-state index contributed by atoms with van der Waals surface area (Å²) in [6, 6.07) is 13.7. The van der Waals surface area contributed by atoms with E-state index < -0.39 is 0 Å². The van der Waals surface area contributed by atoms with Crippen LogP contribution in [-0.2, 0) is 13.5 Å². The molecule has 0 radical (unpaired) electrons. The molecule has 0 N–H and O–H groups in total. The Bertz CT molecular complexity index is 749. The van der Waals surface area contributed by atoms with Gasteiger partial charge in [-0.3, -0.25) is 0 Å². The highest BCUT2D eigenvalue weighted by atomic mass is 14.9. The first-order valence-electron chi connectivity index (χ1n) is 7.68. The molecule has 20 heavy (non-hydrogen) atoms. The second-order valence-corrected chi connectivity index (χ2v) is 5.89. The molecule has 2 aromatic carbocycles. The van der Waals surface area contributed by atoms with Gasteiger partial charge >= 0.3 is 0 Å². The Morgan fingerprint density at radius 1 is 0.900 bits per heavy atom. The van der Waals surface area contributed by atoms with Crippen LogP contribution >= 0.6 is 0 Å². The second-order valence-electron chi connectivity index (χ2n) is 5.89. The molecule has 1 heterocycles. The molecular weight excluding hydrogens is 242 g/mol. The normalized spacial score (nSPS) is 11.6. The van der Waals surface area contributed by atoms with Gasteiger partial charge in [0, 0.05) is 28.9 Å². The number of nitrogens with zero attached hydrogens (tertiary/aromatic N) is 1. The number of benzene rings is 2. The van der Waals surface area contributed by atoms with E-state index in [2.05, 4.69) is 61.9 Å². The smallest absolute Gasteiger partial charge is 0.0488 e. The van der Waals surface area contributed by atoms with Gasteiger partial charge < -0.3 is 4.57 Å². The minimum absolute atomic E-state index is 1.20. The fourth-order valence-electron chi connectivity index (χ4n) is 3.11. The maximum Gasteiger partial charge on any atom is 0.0488 e. The van der Waals surface area contributed by atoms with Crippen LogP contribution in [0.2, 0.25) is 0 Å². The Morgan fingerprint density at radius 3 is 2.35 bits per heavy atom. The number of rotatable bonds is 4. The van der Waals surface area contributed by atoms with Crippen LogP contribution in [0.1, 0.15) is 37.3 Å². The average molecular weight is 265 g/mol.